The highest BCUT2D eigenvalue weighted by Gasteiger charge is 2.22. The molecule has 0 amide bonds. The van der Waals surface area contributed by atoms with Crippen molar-refractivity contribution in [3.63, 3.8) is 0 Å². The first-order valence-electron chi connectivity index (χ1n) is 14.2. The van der Waals surface area contributed by atoms with E-state index in [-0.39, 0.29) is 5.97 Å². The van der Waals surface area contributed by atoms with Gasteiger partial charge in [-0.05, 0) is 86.5 Å². The molecule has 1 N–H and O–H groups in total. The van der Waals surface area contributed by atoms with E-state index in [9.17, 15) is 9.59 Å². The predicted molar refractivity (Wildman–Crippen MR) is 170 cm³/mol. The Morgan fingerprint density at radius 3 is 2.30 bits per heavy atom. The summed E-state index contributed by atoms with van der Waals surface area (Å²) in [6, 6.07) is 26.7. The van der Waals surface area contributed by atoms with Crippen molar-refractivity contribution in [3.05, 3.63) is 113 Å². The second-order valence-electron chi connectivity index (χ2n) is 11.2. The zero-order valence-electron chi connectivity index (χ0n) is 25.6. The van der Waals surface area contributed by atoms with Gasteiger partial charge in [0.2, 0.25) is 0 Å². The summed E-state index contributed by atoms with van der Waals surface area (Å²) in [5.41, 5.74) is 3.03. The van der Waals surface area contributed by atoms with Crippen LogP contribution in [0.4, 0.5) is 0 Å². The third-order valence-corrected chi connectivity index (χ3v) is 6.79. The molecule has 7 nitrogen and oxygen atoms in total. The number of fused-ring (bicyclic) bond motifs is 1. The van der Waals surface area contributed by atoms with E-state index in [1.165, 1.54) is 7.11 Å². The van der Waals surface area contributed by atoms with E-state index >= 15 is 0 Å². The van der Waals surface area contributed by atoms with Crippen molar-refractivity contribution in [1.29, 1.82) is 0 Å². The van der Waals surface area contributed by atoms with Crippen LogP contribution in [-0.4, -0.2) is 44.5 Å². The van der Waals surface area contributed by atoms with Gasteiger partial charge in [0, 0.05) is 11.9 Å². The first-order valence-corrected chi connectivity index (χ1v) is 14.2. The van der Waals surface area contributed by atoms with Gasteiger partial charge in [-0.25, -0.2) is 9.59 Å². The molecule has 0 spiro atoms. The number of carbonyl (C=O) groups excluding carboxylic acids is 2. The highest BCUT2D eigenvalue weighted by Crippen LogP contribution is 2.27. The van der Waals surface area contributed by atoms with E-state index in [4.69, 9.17) is 18.9 Å². The molecule has 1 atom stereocenters. The second kappa shape index (κ2) is 14.0. The fraction of sp³-hybridized carbons (Fsp3) is 0.278. The molecular formula is C36H39NO6. The number of ether oxygens (including phenoxy) is 4. The molecule has 1 unspecified atom stereocenters. The zero-order valence-corrected chi connectivity index (χ0v) is 25.6. The lowest BCUT2D eigenvalue weighted by Gasteiger charge is -2.23. The lowest BCUT2D eigenvalue weighted by atomic mass is 10.0. The van der Waals surface area contributed by atoms with Crippen LogP contribution in [0, 0.1) is 0 Å². The number of hydrogen-bond acceptors (Lipinski definition) is 7. The van der Waals surface area contributed by atoms with Crippen molar-refractivity contribution >= 4 is 28.8 Å². The van der Waals surface area contributed by atoms with Crippen LogP contribution >= 0.6 is 0 Å². The van der Waals surface area contributed by atoms with Crippen LogP contribution in [0.25, 0.3) is 16.8 Å². The van der Waals surface area contributed by atoms with Crippen LogP contribution < -0.4 is 14.8 Å². The molecule has 0 saturated carbocycles. The van der Waals surface area contributed by atoms with Crippen LogP contribution in [0.2, 0.25) is 0 Å². The Balaban J connectivity index is 1.59. The molecule has 7 heteroatoms. The summed E-state index contributed by atoms with van der Waals surface area (Å²) in [4.78, 5) is 24.9. The van der Waals surface area contributed by atoms with Crippen LogP contribution in [-0.2, 0) is 15.9 Å². The van der Waals surface area contributed by atoms with E-state index in [0.29, 0.717) is 29.8 Å². The van der Waals surface area contributed by atoms with E-state index in [1.54, 1.807) is 25.3 Å². The summed E-state index contributed by atoms with van der Waals surface area (Å²) in [6.07, 6.45) is 2.09. The quantitative estimate of drug-likeness (QED) is 0.148. The van der Waals surface area contributed by atoms with E-state index in [1.807, 2.05) is 88.4 Å². The maximum Gasteiger partial charge on any atom is 0.339 e. The van der Waals surface area contributed by atoms with Crippen molar-refractivity contribution in [1.82, 2.24) is 5.32 Å². The number of carbonyl (C=O) groups is 2. The van der Waals surface area contributed by atoms with Crippen molar-refractivity contribution in [2.24, 2.45) is 0 Å². The Bertz CT molecular complexity index is 1600. The van der Waals surface area contributed by atoms with Gasteiger partial charge < -0.3 is 18.9 Å². The van der Waals surface area contributed by atoms with Gasteiger partial charge in [-0.1, -0.05) is 60.7 Å². The van der Waals surface area contributed by atoms with Crippen molar-refractivity contribution in [3.8, 4) is 11.5 Å². The smallest absolute Gasteiger partial charge is 0.339 e. The monoisotopic (exact) mass is 581 g/mol. The molecule has 43 heavy (non-hydrogen) atoms. The molecule has 0 bridgehead atoms. The Labute approximate surface area is 253 Å². The summed E-state index contributed by atoms with van der Waals surface area (Å²) in [6.45, 7) is 8.05. The minimum absolute atomic E-state index is 0.379. The first-order chi connectivity index (χ1) is 20.6. The molecule has 0 heterocycles. The number of esters is 2. The van der Waals surface area contributed by atoms with Gasteiger partial charge in [-0.2, -0.15) is 0 Å². The minimum atomic E-state index is -0.621. The molecule has 4 aromatic carbocycles. The van der Waals surface area contributed by atoms with Gasteiger partial charge in [-0.15, -0.1) is 0 Å². The maximum absolute atomic E-state index is 13.0. The third-order valence-electron chi connectivity index (χ3n) is 6.79. The molecule has 0 aromatic heterocycles. The Morgan fingerprint density at radius 2 is 1.60 bits per heavy atom. The van der Waals surface area contributed by atoms with Gasteiger partial charge in [0.25, 0.3) is 0 Å². The molecule has 0 fully saturated rings. The van der Waals surface area contributed by atoms with Gasteiger partial charge in [0.1, 0.15) is 17.1 Å². The number of nitrogens with one attached hydrogen (secondary N) is 1. The van der Waals surface area contributed by atoms with Gasteiger partial charge in [0.15, 0.2) is 6.23 Å². The molecule has 0 saturated heterocycles. The average molecular weight is 582 g/mol. The number of rotatable bonds is 11. The second-order valence-corrected chi connectivity index (χ2v) is 11.2. The highest BCUT2D eigenvalue weighted by molar-refractivity contribution is 5.92. The molecule has 4 aromatic rings. The fourth-order valence-electron chi connectivity index (χ4n) is 4.65. The lowest BCUT2D eigenvalue weighted by Crippen LogP contribution is -2.37. The standard InChI is InChI=1S/C36H39NO6/c1-24(22-25-14-16-28(17-15-25)34(38)41-6)33(42-32-13-9-11-26-10-7-8-12-30(26)32)37-21-20-27-18-19-29(40-5)23-31(27)35(39)43-36(2,3)4/h7-19,22-23,33,37H,20-21H2,1-6H3/b24-22-. The lowest BCUT2D eigenvalue weighted by molar-refractivity contribution is 0.00677. The highest BCUT2D eigenvalue weighted by atomic mass is 16.6. The van der Waals surface area contributed by atoms with Crippen molar-refractivity contribution in [2.75, 3.05) is 20.8 Å². The van der Waals surface area contributed by atoms with Crippen LogP contribution in [0.5, 0.6) is 11.5 Å². The van der Waals surface area contributed by atoms with Gasteiger partial charge in [0.05, 0.1) is 25.3 Å². The summed E-state index contributed by atoms with van der Waals surface area (Å²) in [5.74, 6) is 0.571. The van der Waals surface area contributed by atoms with Crippen LogP contribution in [0.3, 0.4) is 0 Å². The van der Waals surface area contributed by atoms with Crippen LogP contribution in [0.15, 0.2) is 90.5 Å². The average Bonchev–Trinajstić information content (AvgIpc) is 2.99. The van der Waals surface area contributed by atoms with Crippen LogP contribution in [0.1, 0.15) is 59.5 Å². The Hall–Kier alpha value is -4.62. The maximum atomic E-state index is 13.0. The predicted octanol–water partition coefficient (Wildman–Crippen LogP) is 7.23. The fourth-order valence-corrected chi connectivity index (χ4v) is 4.65. The van der Waals surface area contributed by atoms with Gasteiger partial charge in [-0.3, -0.25) is 5.32 Å². The van der Waals surface area contributed by atoms with E-state index in [0.717, 1.165) is 33.2 Å². The van der Waals surface area contributed by atoms with Crippen molar-refractivity contribution in [2.45, 2.75) is 45.9 Å². The minimum Gasteiger partial charge on any atom is -0.497 e. The molecule has 0 aliphatic carbocycles. The molecule has 0 aliphatic rings. The third kappa shape index (κ3) is 8.46. The van der Waals surface area contributed by atoms with Crippen molar-refractivity contribution < 1.29 is 28.5 Å². The van der Waals surface area contributed by atoms with E-state index < -0.39 is 17.8 Å². The number of hydrogen-bond donors (Lipinski definition) is 1. The topological polar surface area (TPSA) is 83.1 Å². The molecule has 0 aliphatic heterocycles. The molecule has 4 rings (SSSR count). The molecule has 0 radical (unpaired) electrons. The summed E-state index contributed by atoms with van der Waals surface area (Å²) in [5, 5.41) is 5.63. The van der Waals surface area contributed by atoms with Gasteiger partial charge >= 0.3 is 11.9 Å². The Morgan fingerprint density at radius 1 is 0.884 bits per heavy atom. The normalized spacial score (nSPS) is 12.5. The summed E-state index contributed by atoms with van der Waals surface area (Å²) in [7, 11) is 2.94. The van der Waals surface area contributed by atoms with E-state index in [2.05, 4.69) is 17.4 Å². The zero-order chi connectivity index (χ0) is 31.0. The summed E-state index contributed by atoms with van der Waals surface area (Å²) >= 11 is 0. The SMILES string of the molecule is COC(=O)c1ccc(/C=C(/C)C(NCCc2ccc(OC)cc2C(=O)OC(C)(C)C)Oc2cccc3ccccc23)cc1. The summed E-state index contributed by atoms with van der Waals surface area (Å²) < 4.78 is 22.5. The number of methoxy groups -OCH3 is 2. The molecular weight excluding hydrogens is 542 g/mol. The number of benzene rings is 4. The molecule has 224 valence electrons. The Kier molecular flexibility index (Phi) is 10.2. The largest absolute Gasteiger partial charge is 0.497 e. The first kappa shape index (κ1) is 31.3.